The molecule has 2 N–H and O–H groups in total. The standard InChI is InChI=1S/C15H26N2O/c1-3-7-13(15-8-5-6-10-17-15)9-11-16-12-14(18)4-2/h5-6,8,10,13-14,16,18H,3-4,7,9,11-12H2,1-2H3. The number of pyridine rings is 1. The Bertz CT molecular complexity index is 303. The Hall–Kier alpha value is -0.930. The van der Waals surface area contributed by atoms with Gasteiger partial charge in [0.1, 0.15) is 0 Å². The van der Waals surface area contributed by atoms with Gasteiger partial charge >= 0.3 is 0 Å². The van der Waals surface area contributed by atoms with E-state index in [1.165, 1.54) is 18.5 Å². The first kappa shape index (κ1) is 15.1. The fraction of sp³-hybridized carbons (Fsp3) is 0.667. The van der Waals surface area contributed by atoms with E-state index in [0.717, 1.165) is 19.4 Å². The first-order valence-corrected chi connectivity index (χ1v) is 7.07. The minimum absolute atomic E-state index is 0.218. The van der Waals surface area contributed by atoms with E-state index in [0.29, 0.717) is 12.5 Å². The maximum Gasteiger partial charge on any atom is 0.0662 e. The molecule has 2 atom stereocenters. The average molecular weight is 250 g/mol. The number of rotatable bonds is 9. The predicted molar refractivity (Wildman–Crippen MR) is 75.7 cm³/mol. The average Bonchev–Trinajstić information content (AvgIpc) is 2.43. The van der Waals surface area contributed by atoms with Crippen LogP contribution in [0.5, 0.6) is 0 Å². The summed E-state index contributed by atoms with van der Waals surface area (Å²) in [5, 5.41) is 12.8. The van der Waals surface area contributed by atoms with Crippen LogP contribution < -0.4 is 5.32 Å². The van der Waals surface area contributed by atoms with Crippen molar-refractivity contribution in [1.29, 1.82) is 0 Å². The molecule has 1 aromatic rings. The summed E-state index contributed by atoms with van der Waals surface area (Å²) in [6.45, 7) is 5.85. The number of nitrogens with one attached hydrogen (secondary N) is 1. The van der Waals surface area contributed by atoms with E-state index in [4.69, 9.17) is 0 Å². The summed E-state index contributed by atoms with van der Waals surface area (Å²) < 4.78 is 0. The Morgan fingerprint density at radius 3 is 2.72 bits per heavy atom. The van der Waals surface area contributed by atoms with Gasteiger partial charge in [0.15, 0.2) is 0 Å². The molecule has 3 nitrogen and oxygen atoms in total. The molecular formula is C15H26N2O. The maximum absolute atomic E-state index is 9.47. The number of hydrogen-bond acceptors (Lipinski definition) is 3. The number of aliphatic hydroxyl groups is 1. The van der Waals surface area contributed by atoms with E-state index in [9.17, 15) is 5.11 Å². The Morgan fingerprint density at radius 2 is 2.11 bits per heavy atom. The Morgan fingerprint density at radius 1 is 1.28 bits per heavy atom. The maximum atomic E-state index is 9.47. The van der Waals surface area contributed by atoms with E-state index in [-0.39, 0.29) is 6.10 Å². The lowest BCUT2D eigenvalue weighted by molar-refractivity contribution is 0.167. The lowest BCUT2D eigenvalue weighted by Crippen LogP contribution is -2.27. The van der Waals surface area contributed by atoms with Gasteiger partial charge in [-0.05, 0) is 37.9 Å². The van der Waals surface area contributed by atoms with Crippen molar-refractivity contribution in [2.24, 2.45) is 0 Å². The number of hydrogen-bond donors (Lipinski definition) is 2. The Kier molecular flexibility index (Phi) is 7.62. The molecule has 0 saturated heterocycles. The molecule has 0 spiro atoms. The number of aliphatic hydroxyl groups excluding tert-OH is 1. The van der Waals surface area contributed by atoms with Crippen LogP contribution in [-0.4, -0.2) is 29.3 Å². The van der Waals surface area contributed by atoms with Crippen molar-refractivity contribution in [3.05, 3.63) is 30.1 Å². The minimum atomic E-state index is -0.218. The van der Waals surface area contributed by atoms with E-state index < -0.39 is 0 Å². The summed E-state index contributed by atoms with van der Waals surface area (Å²) in [7, 11) is 0. The first-order chi connectivity index (χ1) is 8.77. The molecule has 2 unspecified atom stereocenters. The normalized spacial score (nSPS) is 14.4. The summed E-state index contributed by atoms with van der Waals surface area (Å²) in [5.74, 6) is 0.530. The zero-order valence-corrected chi connectivity index (χ0v) is 11.6. The van der Waals surface area contributed by atoms with Gasteiger partial charge in [0.25, 0.3) is 0 Å². The second-order valence-electron chi connectivity index (χ2n) is 4.80. The highest BCUT2D eigenvalue weighted by molar-refractivity contribution is 5.09. The van der Waals surface area contributed by atoms with Crippen LogP contribution in [0.15, 0.2) is 24.4 Å². The summed E-state index contributed by atoms with van der Waals surface area (Å²) in [6.07, 6.45) is 5.90. The van der Waals surface area contributed by atoms with Gasteiger partial charge < -0.3 is 10.4 Å². The second kappa shape index (κ2) is 9.06. The molecule has 1 aromatic heterocycles. The monoisotopic (exact) mass is 250 g/mol. The van der Waals surface area contributed by atoms with Gasteiger partial charge in [-0.3, -0.25) is 4.98 Å². The molecule has 102 valence electrons. The van der Waals surface area contributed by atoms with Crippen LogP contribution in [0.4, 0.5) is 0 Å². The van der Waals surface area contributed by atoms with Crippen LogP contribution in [0.3, 0.4) is 0 Å². The molecular weight excluding hydrogens is 224 g/mol. The van der Waals surface area contributed by atoms with Gasteiger partial charge in [0.05, 0.1) is 6.10 Å². The zero-order chi connectivity index (χ0) is 13.2. The molecule has 0 aliphatic rings. The molecule has 0 aliphatic carbocycles. The van der Waals surface area contributed by atoms with Crippen LogP contribution in [-0.2, 0) is 0 Å². The fourth-order valence-corrected chi connectivity index (χ4v) is 2.10. The van der Waals surface area contributed by atoms with Crippen LogP contribution >= 0.6 is 0 Å². The van der Waals surface area contributed by atoms with Crippen molar-refractivity contribution in [2.75, 3.05) is 13.1 Å². The highest BCUT2D eigenvalue weighted by Crippen LogP contribution is 2.22. The molecule has 18 heavy (non-hydrogen) atoms. The summed E-state index contributed by atoms with van der Waals surface area (Å²) in [6, 6.07) is 6.13. The summed E-state index contributed by atoms with van der Waals surface area (Å²) in [4.78, 5) is 4.45. The third kappa shape index (κ3) is 5.61. The molecule has 0 fully saturated rings. The number of nitrogens with zero attached hydrogens (tertiary/aromatic N) is 1. The van der Waals surface area contributed by atoms with Crippen LogP contribution in [0, 0.1) is 0 Å². The second-order valence-corrected chi connectivity index (χ2v) is 4.80. The highest BCUT2D eigenvalue weighted by atomic mass is 16.3. The molecule has 0 bridgehead atoms. The van der Waals surface area contributed by atoms with E-state index >= 15 is 0 Å². The Labute approximate surface area is 111 Å². The van der Waals surface area contributed by atoms with Crippen molar-refractivity contribution in [2.45, 2.75) is 51.6 Å². The molecule has 0 aliphatic heterocycles. The molecule has 0 amide bonds. The van der Waals surface area contributed by atoms with Crippen molar-refractivity contribution in [1.82, 2.24) is 10.3 Å². The van der Waals surface area contributed by atoms with Crippen LogP contribution in [0.2, 0.25) is 0 Å². The van der Waals surface area contributed by atoms with E-state index in [1.54, 1.807) is 0 Å². The summed E-state index contributed by atoms with van der Waals surface area (Å²) >= 11 is 0. The first-order valence-electron chi connectivity index (χ1n) is 7.07. The van der Waals surface area contributed by atoms with Crippen LogP contribution in [0.25, 0.3) is 0 Å². The van der Waals surface area contributed by atoms with Crippen molar-refractivity contribution >= 4 is 0 Å². The topological polar surface area (TPSA) is 45.1 Å². The van der Waals surface area contributed by atoms with E-state index in [2.05, 4.69) is 29.4 Å². The van der Waals surface area contributed by atoms with E-state index in [1.807, 2.05) is 19.2 Å². The zero-order valence-electron chi connectivity index (χ0n) is 11.6. The molecule has 0 radical (unpaired) electrons. The van der Waals surface area contributed by atoms with Gasteiger partial charge in [-0.15, -0.1) is 0 Å². The minimum Gasteiger partial charge on any atom is -0.392 e. The predicted octanol–water partition coefficient (Wildman–Crippen LogP) is 2.72. The lowest BCUT2D eigenvalue weighted by Gasteiger charge is -2.16. The van der Waals surface area contributed by atoms with Gasteiger partial charge in [0, 0.05) is 24.4 Å². The molecule has 0 saturated carbocycles. The third-order valence-corrected chi connectivity index (χ3v) is 3.26. The van der Waals surface area contributed by atoms with Crippen LogP contribution in [0.1, 0.15) is 51.1 Å². The van der Waals surface area contributed by atoms with Gasteiger partial charge in [-0.1, -0.05) is 26.3 Å². The van der Waals surface area contributed by atoms with Crippen molar-refractivity contribution < 1.29 is 5.11 Å². The Balaban J connectivity index is 2.35. The third-order valence-electron chi connectivity index (χ3n) is 3.26. The van der Waals surface area contributed by atoms with Crippen molar-refractivity contribution in [3.63, 3.8) is 0 Å². The highest BCUT2D eigenvalue weighted by Gasteiger charge is 2.11. The molecule has 3 heteroatoms. The molecule has 0 aromatic carbocycles. The van der Waals surface area contributed by atoms with Gasteiger partial charge in [-0.2, -0.15) is 0 Å². The van der Waals surface area contributed by atoms with Gasteiger partial charge in [0.2, 0.25) is 0 Å². The SMILES string of the molecule is CCCC(CCNCC(O)CC)c1ccccn1. The van der Waals surface area contributed by atoms with Gasteiger partial charge in [-0.25, -0.2) is 0 Å². The lowest BCUT2D eigenvalue weighted by atomic mass is 9.95. The molecule has 1 rings (SSSR count). The molecule has 1 heterocycles. The largest absolute Gasteiger partial charge is 0.392 e. The number of aromatic nitrogens is 1. The summed E-state index contributed by atoms with van der Waals surface area (Å²) in [5.41, 5.74) is 1.19. The van der Waals surface area contributed by atoms with Crippen molar-refractivity contribution in [3.8, 4) is 0 Å². The fourth-order valence-electron chi connectivity index (χ4n) is 2.10. The quantitative estimate of drug-likeness (QED) is 0.662. The smallest absolute Gasteiger partial charge is 0.0662 e.